The number of fused-ring (bicyclic) bond motifs is 1. The zero-order chi connectivity index (χ0) is 17.6. The van der Waals surface area contributed by atoms with Crippen LogP contribution in [0, 0.1) is 0 Å². The molecule has 4 nitrogen and oxygen atoms in total. The summed E-state index contributed by atoms with van der Waals surface area (Å²) in [4.78, 5) is 2.60. The summed E-state index contributed by atoms with van der Waals surface area (Å²) in [5, 5.41) is 4.42. The van der Waals surface area contributed by atoms with E-state index >= 15 is 0 Å². The molecule has 0 saturated carbocycles. The average Bonchev–Trinajstić information content (AvgIpc) is 3.12. The number of rotatable bonds is 7. The summed E-state index contributed by atoms with van der Waals surface area (Å²) >= 11 is 0. The molecule has 0 aliphatic carbocycles. The highest BCUT2D eigenvalue weighted by molar-refractivity contribution is 5.48. The summed E-state index contributed by atoms with van der Waals surface area (Å²) in [5.41, 5.74) is 2.58. The van der Waals surface area contributed by atoms with Crippen LogP contribution in [0.2, 0.25) is 0 Å². The van der Waals surface area contributed by atoms with Crippen molar-refractivity contribution < 1.29 is 4.74 Å². The lowest BCUT2D eigenvalue weighted by molar-refractivity contribution is 0.201. The third-order valence-corrected chi connectivity index (χ3v) is 5.32. The molecule has 3 aromatic rings. The molecule has 0 unspecified atom stereocenters. The molecule has 0 bridgehead atoms. The predicted molar refractivity (Wildman–Crippen MR) is 112 cm³/mol. The van der Waals surface area contributed by atoms with Crippen molar-refractivity contribution in [2.24, 2.45) is 0 Å². The van der Waals surface area contributed by atoms with Crippen LogP contribution < -0.4 is 4.74 Å². The summed E-state index contributed by atoms with van der Waals surface area (Å²) < 4.78 is 7.66. The molecule has 1 fully saturated rings. The van der Waals surface area contributed by atoms with Crippen LogP contribution in [0.15, 0.2) is 60.8 Å². The second-order valence-electron chi connectivity index (χ2n) is 7.13. The Balaban J connectivity index is 0.00000210. The maximum absolute atomic E-state index is 5.80. The van der Waals surface area contributed by atoms with Crippen LogP contribution in [0.5, 0.6) is 5.88 Å². The summed E-state index contributed by atoms with van der Waals surface area (Å²) in [7, 11) is 0. The molecule has 0 amide bonds. The van der Waals surface area contributed by atoms with Gasteiger partial charge >= 0.3 is 0 Å². The standard InChI is InChI=1S/C22H27N3O.CH4/c1-2-8-19(9-3-1)20-11-15-24(16-12-20)13-6-7-17-26-22-18-21-10-4-5-14-25(21)23-22;/h1-5,8-10,14,18,20H,6-7,11-13,15-17H2;1H4. The normalized spacial score (nSPS) is 15.6. The Morgan fingerprint density at radius 3 is 2.52 bits per heavy atom. The summed E-state index contributed by atoms with van der Waals surface area (Å²) in [6.45, 7) is 4.35. The topological polar surface area (TPSA) is 29.8 Å². The fourth-order valence-corrected chi connectivity index (χ4v) is 3.81. The first kappa shape index (κ1) is 19.4. The highest BCUT2D eigenvalue weighted by Crippen LogP contribution is 2.27. The smallest absolute Gasteiger partial charge is 0.233 e. The molecule has 0 N–H and O–H groups in total. The number of pyridine rings is 1. The molecular formula is C23H31N3O. The Labute approximate surface area is 162 Å². The first-order valence-electron chi connectivity index (χ1n) is 9.73. The molecule has 27 heavy (non-hydrogen) atoms. The fraction of sp³-hybridized carbons (Fsp3) is 0.435. The number of benzene rings is 1. The van der Waals surface area contributed by atoms with Gasteiger partial charge in [-0.15, -0.1) is 5.10 Å². The molecule has 0 atom stereocenters. The lowest BCUT2D eigenvalue weighted by atomic mass is 9.89. The molecule has 0 spiro atoms. The number of piperidine rings is 1. The third-order valence-electron chi connectivity index (χ3n) is 5.32. The van der Waals surface area contributed by atoms with Crippen molar-refractivity contribution in [3.05, 3.63) is 66.4 Å². The van der Waals surface area contributed by atoms with Crippen molar-refractivity contribution in [3.8, 4) is 5.88 Å². The second-order valence-corrected chi connectivity index (χ2v) is 7.13. The predicted octanol–water partition coefficient (Wildman–Crippen LogP) is 5.01. The zero-order valence-corrected chi connectivity index (χ0v) is 15.3. The second kappa shape index (κ2) is 9.56. The van der Waals surface area contributed by atoms with E-state index in [0.29, 0.717) is 0 Å². The van der Waals surface area contributed by atoms with Gasteiger partial charge in [0.15, 0.2) is 0 Å². The first-order chi connectivity index (χ1) is 12.9. The number of unbranched alkanes of at least 4 members (excludes halogenated alkanes) is 1. The Hall–Kier alpha value is -2.33. The van der Waals surface area contributed by atoms with Crippen molar-refractivity contribution in [1.29, 1.82) is 0 Å². The molecule has 0 radical (unpaired) electrons. The van der Waals surface area contributed by atoms with Gasteiger partial charge in [-0.2, -0.15) is 0 Å². The molecule has 4 heteroatoms. The van der Waals surface area contributed by atoms with Gasteiger partial charge < -0.3 is 9.64 Å². The monoisotopic (exact) mass is 365 g/mol. The fourth-order valence-electron chi connectivity index (χ4n) is 3.81. The van der Waals surface area contributed by atoms with E-state index in [-0.39, 0.29) is 7.43 Å². The molecule has 1 aliphatic rings. The minimum absolute atomic E-state index is 0. The summed E-state index contributed by atoms with van der Waals surface area (Å²) in [6.07, 6.45) is 6.76. The molecule has 1 aromatic carbocycles. The van der Waals surface area contributed by atoms with E-state index in [9.17, 15) is 0 Å². The Kier molecular flexibility index (Phi) is 6.88. The molecule has 3 heterocycles. The van der Waals surface area contributed by atoms with Gasteiger partial charge in [-0.05, 0) is 68.9 Å². The quantitative estimate of drug-likeness (QED) is 0.551. The maximum atomic E-state index is 5.80. The molecule has 4 rings (SSSR count). The van der Waals surface area contributed by atoms with Gasteiger partial charge in [-0.1, -0.05) is 43.8 Å². The van der Waals surface area contributed by atoms with Gasteiger partial charge in [0.2, 0.25) is 5.88 Å². The highest BCUT2D eigenvalue weighted by atomic mass is 16.5. The Morgan fingerprint density at radius 2 is 1.74 bits per heavy atom. The number of likely N-dealkylation sites (tertiary alicyclic amines) is 1. The largest absolute Gasteiger partial charge is 0.477 e. The summed E-state index contributed by atoms with van der Waals surface area (Å²) in [5.74, 6) is 1.46. The number of ether oxygens (including phenoxy) is 1. The molecular weight excluding hydrogens is 334 g/mol. The van der Waals surface area contributed by atoms with E-state index in [1.807, 2.05) is 35.0 Å². The Morgan fingerprint density at radius 1 is 0.963 bits per heavy atom. The first-order valence-corrected chi connectivity index (χ1v) is 9.73. The van der Waals surface area contributed by atoms with Gasteiger partial charge in [-0.25, -0.2) is 4.52 Å². The van der Waals surface area contributed by atoms with Gasteiger partial charge in [0.05, 0.1) is 12.1 Å². The van der Waals surface area contributed by atoms with Gasteiger partial charge in [-0.3, -0.25) is 0 Å². The van der Waals surface area contributed by atoms with Crippen LogP contribution in [0.3, 0.4) is 0 Å². The SMILES string of the molecule is C.c1ccc(C2CCN(CCCCOc3cc4ccccn4n3)CC2)cc1. The summed E-state index contributed by atoms with van der Waals surface area (Å²) in [6, 6.07) is 19.0. The van der Waals surface area contributed by atoms with E-state index in [2.05, 4.69) is 40.3 Å². The minimum Gasteiger partial charge on any atom is -0.477 e. The van der Waals surface area contributed by atoms with Crippen molar-refractivity contribution in [2.75, 3.05) is 26.2 Å². The van der Waals surface area contributed by atoms with Crippen LogP contribution in [0.25, 0.3) is 5.52 Å². The minimum atomic E-state index is 0. The van der Waals surface area contributed by atoms with Crippen LogP contribution >= 0.6 is 0 Å². The lowest BCUT2D eigenvalue weighted by Crippen LogP contribution is -2.33. The van der Waals surface area contributed by atoms with Crippen molar-refractivity contribution in [3.63, 3.8) is 0 Å². The van der Waals surface area contributed by atoms with E-state index in [1.54, 1.807) is 0 Å². The Bertz CT molecular complexity index is 774. The molecule has 1 saturated heterocycles. The average molecular weight is 366 g/mol. The van der Waals surface area contributed by atoms with Gasteiger partial charge in [0, 0.05) is 12.3 Å². The maximum Gasteiger partial charge on any atom is 0.233 e. The van der Waals surface area contributed by atoms with Crippen molar-refractivity contribution >= 4 is 5.52 Å². The number of hydrogen-bond donors (Lipinski definition) is 0. The van der Waals surface area contributed by atoms with Crippen molar-refractivity contribution in [1.82, 2.24) is 14.5 Å². The third kappa shape index (κ3) is 5.10. The van der Waals surface area contributed by atoms with E-state index in [0.717, 1.165) is 30.3 Å². The lowest BCUT2D eigenvalue weighted by Gasteiger charge is -2.32. The van der Waals surface area contributed by atoms with E-state index < -0.39 is 0 Å². The zero-order valence-electron chi connectivity index (χ0n) is 15.3. The molecule has 1 aliphatic heterocycles. The van der Waals surface area contributed by atoms with Gasteiger partial charge in [0.1, 0.15) is 0 Å². The molecule has 2 aromatic heterocycles. The van der Waals surface area contributed by atoms with Crippen LogP contribution in [-0.2, 0) is 0 Å². The van der Waals surface area contributed by atoms with Crippen LogP contribution in [0.4, 0.5) is 0 Å². The number of hydrogen-bond acceptors (Lipinski definition) is 3. The van der Waals surface area contributed by atoms with Crippen LogP contribution in [0.1, 0.15) is 44.6 Å². The number of nitrogens with zero attached hydrogens (tertiary/aromatic N) is 3. The molecule has 144 valence electrons. The van der Waals surface area contributed by atoms with Crippen LogP contribution in [-0.4, -0.2) is 40.8 Å². The van der Waals surface area contributed by atoms with Crippen molar-refractivity contribution in [2.45, 2.75) is 39.0 Å². The number of aromatic nitrogens is 2. The van der Waals surface area contributed by atoms with Gasteiger partial charge in [0.25, 0.3) is 0 Å². The van der Waals surface area contributed by atoms with E-state index in [1.165, 1.54) is 44.5 Å². The van der Waals surface area contributed by atoms with E-state index in [4.69, 9.17) is 4.74 Å². The highest BCUT2D eigenvalue weighted by Gasteiger charge is 2.19.